The Kier molecular flexibility index (Phi) is 2.27. The van der Waals surface area contributed by atoms with Gasteiger partial charge in [0.15, 0.2) is 0 Å². The van der Waals surface area contributed by atoms with Gasteiger partial charge in [-0.2, -0.15) is 5.10 Å². The standard InChI is InChI=1S/C10H14N2O2/c1-3-14-10(13)9-6-7(2)11-12(9)8-4-5-8/h6,8H,3-5H2,1-2H3. The summed E-state index contributed by atoms with van der Waals surface area (Å²) in [6.07, 6.45) is 2.24. The molecule has 0 amide bonds. The highest BCUT2D eigenvalue weighted by molar-refractivity contribution is 5.87. The molecule has 4 nitrogen and oxygen atoms in total. The first-order chi connectivity index (χ1) is 6.72. The average Bonchev–Trinajstić information content (AvgIpc) is 2.90. The average molecular weight is 194 g/mol. The molecule has 0 bridgehead atoms. The third-order valence-corrected chi connectivity index (χ3v) is 2.24. The van der Waals surface area contributed by atoms with E-state index in [0.717, 1.165) is 18.5 Å². The fraction of sp³-hybridized carbons (Fsp3) is 0.600. The number of ether oxygens (including phenoxy) is 1. The molecule has 1 aromatic rings. The molecule has 0 N–H and O–H groups in total. The van der Waals surface area contributed by atoms with Crippen molar-refractivity contribution < 1.29 is 9.53 Å². The maximum atomic E-state index is 11.5. The summed E-state index contributed by atoms with van der Waals surface area (Å²) in [6, 6.07) is 2.21. The SMILES string of the molecule is CCOC(=O)c1cc(C)nn1C1CC1. The largest absolute Gasteiger partial charge is 0.461 e. The summed E-state index contributed by atoms with van der Waals surface area (Å²) in [6.45, 7) is 4.11. The molecule has 2 rings (SSSR count). The Bertz CT molecular complexity index is 353. The highest BCUT2D eigenvalue weighted by Gasteiger charge is 2.29. The van der Waals surface area contributed by atoms with Crippen molar-refractivity contribution in [1.29, 1.82) is 0 Å². The van der Waals surface area contributed by atoms with Crippen LogP contribution in [0.2, 0.25) is 0 Å². The first kappa shape index (κ1) is 9.24. The van der Waals surface area contributed by atoms with E-state index in [1.165, 1.54) is 0 Å². The Labute approximate surface area is 82.9 Å². The maximum absolute atomic E-state index is 11.5. The molecule has 0 saturated heterocycles. The number of nitrogens with zero attached hydrogens (tertiary/aromatic N) is 2. The van der Waals surface area contributed by atoms with Crippen LogP contribution in [0.1, 0.15) is 42.0 Å². The Hall–Kier alpha value is -1.32. The highest BCUT2D eigenvalue weighted by atomic mass is 16.5. The molecule has 1 heterocycles. The molecule has 1 aliphatic rings. The zero-order valence-corrected chi connectivity index (χ0v) is 8.49. The summed E-state index contributed by atoms with van der Waals surface area (Å²) in [5.74, 6) is -0.264. The zero-order chi connectivity index (χ0) is 10.1. The highest BCUT2D eigenvalue weighted by Crippen LogP contribution is 2.35. The van der Waals surface area contributed by atoms with Gasteiger partial charge >= 0.3 is 5.97 Å². The van der Waals surface area contributed by atoms with Crippen molar-refractivity contribution in [3.05, 3.63) is 17.5 Å². The van der Waals surface area contributed by atoms with E-state index in [0.29, 0.717) is 18.3 Å². The van der Waals surface area contributed by atoms with Crippen LogP contribution in [0.4, 0.5) is 0 Å². The molecule has 0 atom stereocenters. The van der Waals surface area contributed by atoms with E-state index < -0.39 is 0 Å². The molecule has 76 valence electrons. The predicted molar refractivity (Wildman–Crippen MR) is 51.2 cm³/mol. The third-order valence-electron chi connectivity index (χ3n) is 2.24. The van der Waals surface area contributed by atoms with Gasteiger partial charge in [-0.1, -0.05) is 0 Å². The van der Waals surface area contributed by atoms with E-state index in [1.54, 1.807) is 10.7 Å². The topological polar surface area (TPSA) is 44.1 Å². The summed E-state index contributed by atoms with van der Waals surface area (Å²) in [4.78, 5) is 11.5. The third kappa shape index (κ3) is 1.64. The fourth-order valence-corrected chi connectivity index (χ4v) is 1.47. The van der Waals surface area contributed by atoms with Crippen molar-refractivity contribution >= 4 is 5.97 Å². The molecule has 0 aromatic carbocycles. The first-order valence-corrected chi connectivity index (χ1v) is 4.95. The Morgan fingerprint density at radius 2 is 2.43 bits per heavy atom. The van der Waals surface area contributed by atoms with Crippen molar-refractivity contribution in [1.82, 2.24) is 9.78 Å². The summed E-state index contributed by atoms with van der Waals surface area (Å²) in [7, 11) is 0. The number of aryl methyl sites for hydroxylation is 1. The summed E-state index contributed by atoms with van der Waals surface area (Å²) in [5, 5.41) is 4.29. The molecule has 1 saturated carbocycles. The summed E-state index contributed by atoms with van der Waals surface area (Å²) < 4.78 is 6.76. The second kappa shape index (κ2) is 3.44. The maximum Gasteiger partial charge on any atom is 0.356 e. The summed E-state index contributed by atoms with van der Waals surface area (Å²) in [5.41, 5.74) is 1.46. The van der Waals surface area contributed by atoms with Crippen LogP contribution in [0.15, 0.2) is 6.07 Å². The van der Waals surface area contributed by atoms with Gasteiger partial charge in [0.25, 0.3) is 0 Å². The Morgan fingerprint density at radius 3 is 3.00 bits per heavy atom. The molecule has 14 heavy (non-hydrogen) atoms. The quantitative estimate of drug-likeness (QED) is 0.688. The first-order valence-electron chi connectivity index (χ1n) is 4.95. The Morgan fingerprint density at radius 1 is 1.71 bits per heavy atom. The van der Waals surface area contributed by atoms with Crippen LogP contribution in [-0.4, -0.2) is 22.4 Å². The number of carbonyl (C=O) groups excluding carboxylic acids is 1. The van der Waals surface area contributed by atoms with Crippen LogP contribution in [0.5, 0.6) is 0 Å². The minimum absolute atomic E-state index is 0.264. The Balaban J connectivity index is 2.26. The van der Waals surface area contributed by atoms with Crippen molar-refractivity contribution in [2.24, 2.45) is 0 Å². The number of esters is 1. The number of aromatic nitrogens is 2. The van der Waals surface area contributed by atoms with Crippen LogP contribution in [-0.2, 0) is 4.74 Å². The van der Waals surface area contributed by atoms with Gasteiger partial charge in [-0.05, 0) is 32.8 Å². The molecule has 1 aromatic heterocycles. The lowest BCUT2D eigenvalue weighted by Gasteiger charge is -2.04. The van der Waals surface area contributed by atoms with Crippen LogP contribution in [0.25, 0.3) is 0 Å². The van der Waals surface area contributed by atoms with Crippen LogP contribution < -0.4 is 0 Å². The fourth-order valence-electron chi connectivity index (χ4n) is 1.47. The lowest BCUT2D eigenvalue weighted by atomic mass is 10.3. The molecule has 0 unspecified atom stereocenters. The van der Waals surface area contributed by atoms with Gasteiger partial charge in [-0.15, -0.1) is 0 Å². The molecular weight excluding hydrogens is 180 g/mol. The van der Waals surface area contributed by atoms with Gasteiger partial charge in [0, 0.05) is 0 Å². The van der Waals surface area contributed by atoms with Gasteiger partial charge in [0.1, 0.15) is 5.69 Å². The molecule has 0 radical (unpaired) electrons. The molecular formula is C10H14N2O2. The van der Waals surface area contributed by atoms with Crippen LogP contribution in [0.3, 0.4) is 0 Å². The summed E-state index contributed by atoms with van der Waals surface area (Å²) >= 11 is 0. The smallest absolute Gasteiger partial charge is 0.356 e. The lowest BCUT2D eigenvalue weighted by molar-refractivity contribution is 0.0511. The second-order valence-corrected chi connectivity index (χ2v) is 3.57. The van der Waals surface area contributed by atoms with E-state index >= 15 is 0 Å². The van der Waals surface area contributed by atoms with Crippen molar-refractivity contribution in [3.8, 4) is 0 Å². The minimum Gasteiger partial charge on any atom is -0.461 e. The van der Waals surface area contributed by atoms with Crippen molar-refractivity contribution in [2.45, 2.75) is 32.7 Å². The zero-order valence-electron chi connectivity index (χ0n) is 8.49. The van der Waals surface area contributed by atoms with Gasteiger partial charge in [-0.25, -0.2) is 4.79 Å². The number of carbonyl (C=O) groups is 1. The molecule has 1 fully saturated rings. The van der Waals surface area contributed by atoms with Crippen molar-refractivity contribution in [2.75, 3.05) is 6.61 Å². The predicted octanol–water partition coefficient (Wildman–Crippen LogP) is 1.70. The molecule has 4 heteroatoms. The molecule has 0 spiro atoms. The van der Waals surface area contributed by atoms with E-state index in [4.69, 9.17) is 4.74 Å². The van der Waals surface area contributed by atoms with Gasteiger partial charge in [0.2, 0.25) is 0 Å². The number of hydrogen-bond donors (Lipinski definition) is 0. The minimum atomic E-state index is -0.264. The van der Waals surface area contributed by atoms with E-state index in [1.807, 2.05) is 13.8 Å². The second-order valence-electron chi connectivity index (χ2n) is 3.57. The molecule has 1 aliphatic carbocycles. The van der Waals surface area contributed by atoms with Crippen LogP contribution >= 0.6 is 0 Å². The van der Waals surface area contributed by atoms with E-state index in [2.05, 4.69) is 5.10 Å². The number of hydrogen-bond acceptors (Lipinski definition) is 3. The monoisotopic (exact) mass is 194 g/mol. The van der Waals surface area contributed by atoms with Gasteiger partial charge in [0.05, 0.1) is 18.3 Å². The van der Waals surface area contributed by atoms with Crippen molar-refractivity contribution in [3.63, 3.8) is 0 Å². The molecule has 0 aliphatic heterocycles. The van der Waals surface area contributed by atoms with Crippen LogP contribution in [0, 0.1) is 6.92 Å². The van der Waals surface area contributed by atoms with E-state index in [-0.39, 0.29) is 5.97 Å². The normalized spacial score (nSPS) is 15.6. The van der Waals surface area contributed by atoms with E-state index in [9.17, 15) is 4.79 Å². The lowest BCUT2D eigenvalue weighted by Crippen LogP contribution is -2.12. The number of rotatable bonds is 3. The van der Waals surface area contributed by atoms with Gasteiger partial charge < -0.3 is 4.74 Å². The van der Waals surface area contributed by atoms with Gasteiger partial charge in [-0.3, -0.25) is 4.68 Å².